The Hall–Kier alpha value is -3.36. The second-order valence-corrected chi connectivity index (χ2v) is 13.9. The Morgan fingerprint density at radius 2 is 1.64 bits per heavy atom. The zero-order valence-corrected chi connectivity index (χ0v) is 25.3. The standard InChI is InChI=1S/C34H41N3O4S/c1-5-19-35(4)30(39)27-28-31(40)37(26(23-38)21-24-13-9-7-10-14-24)29(34(28)18-17-33(27,3)42-34)32(41)36(20-6-2)22-25-15-11-8-12-16-25/h5-16,26-29,38H,1-2,17-23H2,3-4H3/t26-,27-,28+,29?,33+,34?/m1/s1. The molecule has 8 heteroatoms. The van der Waals surface area contributed by atoms with Crippen molar-refractivity contribution in [1.29, 1.82) is 0 Å². The summed E-state index contributed by atoms with van der Waals surface area (Å²) < 4.78 is -1.23. The van der Waals surface area contributed by atoms with Gasteiger partial charge in [-0.05, 0) is 37.3 Å². The van der Waals surface area contributed by atoms with Gasteiger partial charge in [-0.2, -0.15) is 0 Å². The number of hydrogen-bond acceptors (Lipinski definition) is 5. The number of thioether (sulfide) groups is 1. The van der Waals surface area contributed by atoms with Crippen LogP contribution < -0.4 is 0 Å². The maximum Gasteiger partial charge on any atom is 0.247 e. The summed E-state index contributed by atoms with van der Waals surface area (Å²) in [6.07, 6.45) is 5.20. The van der Waals surface area contributed by atoms with Crippen LogP contribution in [0.25, 0.3) is 0 Å². The summed E-state index contributed by atoms with van der Waals surface area (Å²) in [7, 11) is 1.74. The topological polar surface area (TPSA) is 81.2 Å². The van der Waals surface area contributed by atoms with Gasteiger partial charge in [0.1, 0.15) is 6.04 Å². The number of benzene rings is 2. The van der Waals surface area contributed by atoms with Crippen LogP contribution in [0.15, 0.2) is 86.0 Å². The highest BCUT2D eigenvalue weighted by atomic mass is 32.2. The van der Waals surface area contributed by atoms with E-state index in [2.05, 4.69) is 20.1 Å². The van der Waals surface area contributed by atoms with Crippen molar-refractivity contribution in [3.05, 3.63) is 97.1 Å². The maximum absolute atomic E-state index is 14.8. The molecule has 0 radical (unpaired) electrons. The predicted molar refractivity (Wildman–Crippen MR) is 166 cm³/mol. The number of aliphatic hydroxyl groups is 1. The minimum Gasteiger partial charge on any atom is -0.394 e. The number of hydrogen-bond donors (Lipinski definition) is 1. The molecule has 3 fully saturated rings. The van der Waals surface area contributed by atoms with Gasteiger partial charge < -0.3 is 19.8 Å². The molecule has 3 heterocycles. The number of likely N-dealkylation sites (tertiary alicyclic amines) is 1. The van der Waals surface area contributed by atoms with E-state index in [9.17, 15) is 19.5 Å². The molecule has 3 aliphatic heterocycles. The zero-order chi connectivity index (χ0) is 30.1. The fourth-order valence-corrected chi connectivity index (χ4v) is 9.77. The summed E-state index contributed by atoms with van der Waals surface area (Å²) in [5, 5.41) is 10.7. The molecular formula is C34H41N3O4S. The third kappa shape index (κ3) is 5.09. The molecule has 7 nitrogen and oxygen atoms in total. The summed E-state index contributed by atoms with van der Waals surface area (Å²) in [5.41, 5.74) is 1.95. The van der Waals surface area contributed by atoms with E-state index in [0.717, 1.165) is 17.5 Å². The van der Waals surface area contributed by atoms with Crippen molar-refractivity contribution in [2.75, 3.05) is 26.7 Å². The summed E-state index contributed by atoms with van der Waals surface area (Å²) in [6.45, 7) is 10.6. The third-order valence-electron chi connectivity index (χ3n) is 9.29. The number of nitrogens with zero attached hydrogens (tertiary/aromatic N) is 3. The Labute approximate surface area is 253 Å². The molecule has 1 N–H and O–H groups in total. The van der Waals surface area contributed by atoms with Gasteiger partial charge in [-0.25, -0.2) is 0 Å². The van der Waals surface area contributed by atoms with Gasteiger partial charge in [-0.15, -0.1) is 24.9 Å². The molecule has 3 amide bonds. The van der Waals surface area contributed by atoms with Crippen LogP contribution in [0.2, 0.25) is 0 Å². The molecule has 3 aliphatic rings. The molecule has 6 atom stereocenters. The van der Waals surface area contributed by atoms with Crippen molar-refractivity contribution in [2.45, 2.75) is 54.3 Å². The first-order valence-electron chi connectivity index (χ1n) is 14.7. The Balaban J connectivity index is 1.59. The van der Waals surface area contributed by atoms with Gasteiger partial charge in [-0.3, -0.25) is 14.4 Å². The summed E-state index contributed by atoms with van der Waals surface area (Å²) in [6, 6.07) is 18.1. The van der Waals surface area contributed by atoms with Crippen LogP contribution in [0.1, 0.15) is 30.9 Å². The van der Waals surface area contributed by atoms with Gasteiger partial charge in [-0.1, -0.05) is 72.8 Å². The van der Waals surface area contributed by atoms with E-state index < -0.39 is 33.4 Å². The number of likely N-dealkylation sites (N-methyl/N-ethyl adjacent to an activating group) is 1. The number of aliphatic hydroxyl groups excluding tert-OH is 1. The fraction of sp³-hybridized carbons (Fsp3) is 0.441. The van der Waals surface area contributed by atoms with Crippen LogP contribution >= 0.6 is 11.8 Å². The molecule has 0 aliphatic carbocycles. The number of rotatable bonds is 12. The molecule has 2 bridgehead atoms. The second kappa shape index (κ2) is 12.1. The van der Waals surface area contributed by atoms with Crippen molar-refractivity contribution in [1.82, 2.24) is 14.7 Å². The van der Waals surface area contributed by atoms with Crippen molar-refractivity contribution < 1.29 is 19.5 Å². The molecule has 1 spiro atoms. The Morgan fingerprint density at radius 1 is 1.02 bits per heavy atom. The zero-order valence-electron chi connectivity index (χ0n) is 24.5. The first-order chi connectivity index (χ1) is 20.2. The van der Waals surface area contributed by atoms with Crippen LogP contribution in [-0.4, -0.2) is 85.8 Å². The van der Waals surface area contributed by atoms with E-state index in [1.165, 1.54) is 0 Å². The van der Waals surface area contributed by atoms with Crippen molar-refractivity contribution in [3.8, 4) is 0 Å². The monoisotopic (exact) mass is 587 g/mol. The van der Waals surface area contributed by atoms with E-state index in [-0.39, 0.29) is 24.3 Å². The van der Waals surface area contributed by atoms with Crippen LogP contribution in [0.3, 0.4) is 0 Å². The Morgan fingerprint density at radius 3 is 2.24 bits per heavy atom. The highest BCUT2D eigenvalue weighted by Crippen LogP contribution is 2.72. The molecule has 3 saturated heterocycles. The maximum atomic E-state index is 14.8. The lowest BCUT2D eigenvalue weighted by Crippen LogP contribution is -2.57. The Bertz CT molecular complexity index is 1340. The number of carbonyl (C=O) groups is 3. The largest absolute Gasteiger partial charge is 0.394 e. The number of carbonyl (C=O) groups excluding carboxylic acids is 3. The molecule has 0 saturated carbocycles. The second-order valence-electron chi connectivity index (χ2n) is 12.0. The third-order valence-corrected chi connectivity index (χ3v) is 11.3. The Kier molecular flexibility index (Phi) is 8.67. The lowest BCUT2D eigenvalue weighted by molar-refractivity contribution is -0.147. The smallest absolute Gasteiger partial charge is 0.247 e. The van der Waals surface area contributed by atoms with Crippen molar-refractivity contribution in [3.63, 3.8) is 0 Å². The summed E-state index contributed by atoms with van der Waals surface area (Å²) >= 11 is 1.65. The molecular weight excluding hydrogens is 546 g/mol. The van der Waals surface area contributed by atoms with Gasteiger partial charge >= 0.3 is 0 Å². The molecule has 42 heavy (non-hydrogen) atoms. The van der Waals surface area contributed by atoms with Crippen molar-refractivity contribution >= 4 is 29.5 Å². The molecule has 222 valence electrons. The molecule has 2 unspecified atom stereocenters. The van der Waals surface area contributed by atoms with Gasteiger partial charge in [0.25, 0.3) is 0 Å². The SMILES string of the molecule is C=CCN(C)C(=O)[C@H]1[C@H]2C(=O)N([C@@H](CO)Cc3ccccc3)C(C(=O)N(CC=C)Cc3ccccc3)C23CC[C@]1(C)S3. The van der Waals surface area contributed by atoms with E-state index in [1.807, 2.05) is 60.7 Å². The lowest BCUT2D eigenvalue weighted by Gasteiger charge is -2.39. The molecule has 5 rings (SSSR count). The highest BCUT2D eigenvalue weighted by Gasteiger charge is 2.78. The predicted octanol–water partition coefficient (Wildman–Crippen LogP) is 3.93. The number of amides is 3. The van der Waals surface area contributed by atoms with Crippen LogP contribution in [0.4, 0.5) is 0 Å². The first kappa shape index (κ1) is 30.1. The van der Waals surface area contributed by atoms with Crippen molar-refractivity contribution in [2.24, 2.45) is 11.8 Å². The quantitative estimate of drug-likeness (QED) is 0.381. The lowest BCUT2D eigenvalue weighted by atomic mass is 9.66. The summed E-state index contributed by atoms with van der Waals surface area (Å²) in [4.78, 5) is 48.5. The average Bonchev–Trinajstić information content (AvgIpc) is 3.56. The van der Waals surface area contributed by atoms with E-state index in [1.54, 1.807) is 45.7 Å². The first-order valence-corrected chi connectivity index (χ1v) is 15.5. The molecule has 2 aromatic rings. The van der Waals surface area contributed by atoms with Crippen LogP contribution in [-0.2, 0) is 27.3 Å². The fourth-order valence-electron chi connectivity index (χ4n) is 7.44. The van der Waals surface area contributed by atoms with E-state index in [0.29, 0.717) is 32.5 Å². The van der Waals surface area contributed by atoms with Crippen LogP contribution in [0.5, 0.6) is 0 Å². The minimum absolute atomic E-state index is 0.0892. The minimum atomic E-state index is -0.811. The van der Waals surface area contributed by atoms with E-state index in [4.69, 9.17) is 0 Å². The van der Waals surface area contributed by atoms with E-state index >= 15 is 0 Å². The van der Waals surface area contributed by atoms with Gasteiger partial charge in [0.2, 0.25) is 17.7 Å². The van der Waals surface area contributed by atoms with Gasteiger partial charge in [0.05, 0.1) is 29.2 Å². The van der Waals surface area contributed by atoms with Crippen LogP contribution in [0, 0.1) is 11.8 Å². The van der Waals surface area contributed by atoms with Gasteiger partial charge in [0.15, 0.2) is 0 Å². The molecule has 2 aromatic carbocycles. The highest BCUT2D eigenvalue weighted by molar-refractivity contribution is 8.02. The summed E-state index contributed by atoms with van der Waals surface area (Å²) in [5.74, 6) is -1.67. The normalized spacial score (nSPS) is 28.3. The number of fused-ring (bicyclic) bond motifs is 1. The average molecular weight is 588 g/mol. The molecule has 0 aromatic heterocycles. The van der Waals surface area contributed by atoms with Gasteiger partial charge in [0, 0.05) is 31.4 Å².